The Labute approximate surface area is 110 Å². The molecule has 0 bridgehead atoms. The minimum atomic E-state index is 0.0867. The third-order valence-corrected chi connectivity index (χ3v) is 3.84. The molecule has 1 aliphatic carbocycles. The summed E-state index contributed by atoms with van der Waals surface area (Å²) in [7, 11) is 1.61. The summed E-state index contributed by atoms with van der Waals surface area (Å²) in [5.41, 5.74) is 0.772. The Bertz CT molecular complexity index is 416. The van der Waals surface area contributed by atoms with E-state index >= 15 is 0 Å². The smallest absolute Gasteiger partial charge is 0.224 e. The third-order valence-electron chi connectivity index (χ3n) is 3.15. The van der Waals surface area contributed by atoms with Gasteiger partial charge in [-0.2, -0.15) is 0 Å². The van der Waals surface area contributed by atoms with Crippen LogP contribution in [0.2, 0.25) is 0 Å². The topological polar surface area (TPSA) is 38.3 Å². The Balaban J connectivity index is 1.98. The van der Waals surface area contributed by atoms with Crippen molar-refractivity contribution in [3.8, 4) is 5.75 Å². The van der Waals surface area contributed by atoms with Crippen molar-refractivity contribution in [2.75, 3.05) is 12.4 Å². The Morgan fingerprint density at radius 1 is 1.53 bits per heavy atom. The number of hydrogen-bond donors (Lipinski definition) is 1. The van der Waals surface area contributed by atoms with Crippen molar-refractivity contribution in [1.29, 1.82) is 0 Å². The lowest BCUT2D eigenvalue weighted by atomic mass is 9.83. The predicted molar refractivity (Wildman–Crippen MR) is 71.3 cm³/mol. The summed E-state index contributed by atoms with van der Waals surface area (Å²) < 4.78 is 6.01. The molecule has 1 fully saturated rings. The molecule has 17 heavy (non-hydrogen) atoms. The minimum Gasteiger partial charge on any atom is -0.497 e. The summed E-state index contributed by atoms with van der Waals surface area (Å²) in [5, 5.41) is 2.92. The molecule has 1 amide bonds. The Morgan fingerprint density at radius 3 is 2.88 bits per heavy atom. The van der Waals surface area contributed by atoms with Crippen molar-refractivity contribution in [3.05, 3.63) is 22.7 Å². The maximum atomic E-state index is 11.8. The fourth-order valence-electron chi connectivity index (χ4n) is 1.89. The summed E-state index contributed by atoms with van der Waals surface area (Å²) in [5.74, 6) is 1.41. The lowest BCUT2D eigenvalue weighted by molar-refractivity contribution is -0.117. The van der Waals surface area contributed by atoms with E-state index in [0.717, 1.165) is 15.9 Å². The number of hydrogen-bond acceptors (Lipinski definition) is 2. The van der Waals surface area contributed by atoms with Gasteiger partial charge in [-0.15, -0.1) is 0 Å². The SMILES string of the molecule is COc1ccc(Br)c(NC(=O)CC2CCC2)c1. The molecule has 3 nitrogen and oxygen atoms in total. The predicted octanol–water partition coefficient (Wildman–Crippen LogP) is 3.59. The summed E-state index contributed by atoms with van der Waals surface area (Å²) in [4.78, 5) is 11.8. The lowest BCUT2D eigenvalue weighted by Gasteiger charge is -2.24. The molecule has 4 heteroatoms. The number of rotatable bonds is 4. The number of anilines is 1. The first kappa shape index (κ1) is 12.4. The van der Waals surface area contributed by atoms with Crippen molar-refractivity contribution >= 4 is 27.5 Å². The quantitative estimate of drug-likeness (QED) is 0.922. The van der Waals surface area contributed by atoms with Crippen LogP contribution in [0.3, 0.4) is 0 Å². The van der Waals surface area contributed by atoms with Gasteiger partial charge in [-0.3, -0.25) is 4.79 Å². The Kier molecular flexibility index (Phi) is 4.05. The average molecular weight is 298 g/mol. The van der Waals surface area contributed by atoms with Gasteiger partial charge >= 0.3 is 0 Å². The van der Waals surface area contributed by atoms with Crippen LogP contribution in [-0.2, 0) is 4.79 Å². The highest BCUT2D eigenvalue weighted by Crippen LogP contribution is 2.31. The van der Waals surface area contributed by atoms with Gasteiger partial charge in [-0.05, 0) is 46.8 Å². The van der Waals surface area contributed by atoms with Crippen LogP contribution in [0.4, 0.5) is 5.69 Å². The second-order valence-electron chi connectivity index (χ2n) is 4.40. The molecule has 1 saturated carbocycles. The van der Waals surface area contributed by atoms with Gasteiger partial charge in [0.05, 0.1) is 12.8 Å². The Morgan fingerprint density at radius 2 is 2.29 bits per heavy atom. The molecule has 0 heterocycles. The molecule has 1 N–H and O–H groups in total. The van der Waals surface area contributed by atoms with Gasteiger partial charge < -0.3 is 10.1 Å². The summed E-state index contributed by atoms with van der Waals surface area (Å²) in [6, 6.07) is 5.55. The molecule has 0 saturated heterocycles. The number of ether oxygens (including phenoxy) is 1. The van der Waals surface area contributed by atoms with Crippen molar-refractivity contribution in [3.63, 3.8) is 0 Å². The molecule has 0 atom stereocenters. The van der Waals surface area contributed by atoms with Gasteiger partial charge in [0, 0.05) is 17.0 Å². The first-order valence-corrected chi connectivity index (χ1v) is 6.61. The van der Waals surface area contributed by atoms with Crippen molar-refractivity contribution in [2.24, 2.45) is 5.92 Å². The van der Waals surface area contributed by atoms with E-state index < -0.39 is 0 Å². The van der Waals surface area contributed by atoms with Crippen LogP contribution < -0.4 is 10.1 Å². The molecule has 1 aliphatic rings. The summed E-state index contributed by atoms with van der Waals surface area (Å²) in [6.07, 6.45) is 4.27. The minimum absolute atomic E-state index is 0.0867. The van der Waals surface area contributed by atoms with E-state index in [-0.39, 0.29) is 5.91 Å². The number of methoxy groups -OCH3 is 1. The molecule has 1 aromatic carbocycles. The van der Waals surface area contributed by atoms with Gasteiger partial charge in [0.15, 0.2) is 0 Å². The van der Waals surface area contributed by atoms with Crippen molar-refractivity contribution in [2.45, 2.75) is 25.7 Å². The van der Waals surface area contributed by atoms with Gasteiger partial charge in [-0.1, -0.05) is 6.42 Å². The zero-order valence-corrected chi connectivity index (χ0v) is 11.4. The van der Waals surface area contributed by atoms with Crippen molar-refractivity contribution < 1.29 is 9.53 Å². The number of halogens is 1. The van der Waals surface area contributed by atoms with Crippen LogP contribution in [0.1, 0.15) is 25.7 Å². The summed E-state index contributed by atoms with van der Waals surface area (Å²) >= 11 is 3.42. The number of amides is 1. The zero-order chi connectivity index (χ0) is 12.3. The third kappa shape index (κ3) is 3.22. The first-order chi connectivity index (χ1) is 8.19. The average Bonchev–Trinajstić information content (AvgIpc) is 2.27. The van der Waals surface area contributed by atoms with E-state index in [1.54, 1.807) is 7.11 Å². The molecular weight excluding hydrogens is 282 g/mol. The van der Waals surface area contributed by atoms with E-state index in [9.17, 15) is 4.79 Å². The van der Waals surface area contributed by atoms with E-state index in [1.807, 2.05) is 18.2 Å². The molecule has 0 radical (unpaired) electrons. The van der Waals surface area contributed by atoms with E-state index in [0.29, 0.717) is 12.3 Å². The maximum Gasteiger partial charge on any atom is 0.224 e. The second kappa shape index (κ2) is 5.54. The van der Waals surface area contributed by atoms with Crippen LogP contribution >= 0.6 is 15.9 Å². The molecular formula is C13H16BrNO2. The molecule has 1 aromatic rings. The van der Waals surface area contributed by atoms with Crippen LogP contribution in [0, 0.1) is 5.92 Å². The van der Waals surface area contributed by atoms with Crippen LogP contribution in [0.5, 0.6) is 5.75 Å². The highest BCUT2D eigenvalue weighted by atomic mass is 79.9. The van der Waals surface area contributed by atoms with Crippen molar-refractivity contribution in [1.82, 2.24) is 0 Å². The highest BCUT2D eigenvalue weighted by molar-refractivity contribution is 9.10. The number of carbonyl (C=O) groups is 1. The second-order valence-corrected chi connectivity index (χ2v) is 5.25. The molecule has 0 spiro atoms. The van der Waals surface area contributed by atoms with Gasteiger partial charge in [0.25, 0.3) is 0 Å². The number of nitrogens with one attached hydrogen (secondary N) is 1. The van der Waals surface area contributed by atoms with E-state index in [1.165, 1.54) is 19.3 Å². The maximum absolute atomic E-state index is 11.8. The van der Waals surface area contributed by atoms with Crippen LogP contribution in [-0.4, -0.2) is 13.0 Å². The monoisotopic (exact) mass is 297 g/mol. The molecule has 0 unspecified atom stereocenters. The highest BCUT2D eigenvalue weighted by Gasteiger charge is 2.20. The molecule has 92 valence electrons. The standard InChI is InChI=1S/C13H16BrNO2/c1-17-10-5-6-11(14)12(8-10)15-13(16)7-9-3-2-4-9/h5-6,8-9H,2-4,7H2,1H3,(H,15,16). The van der Waals surface area contributed by atoms with E-state index in [2.05, 4.69) is 21.2 Å². The summed E-state index contributed by atoms with van der Waals surface area (Å²) in [6.45, 7) is 0. The van der Waals surface area contributed by atoms with Crippen LogP contribution in [0.25, 0.3) is 0 Å². The number of benzene rings is 1. The Hall–Kier alpha value is -1.03. The molecule has 0 aliphatic heterocycles. The van der Waals surface area contributed by atoms with Gasteiger partial charge in [-0.25, -0.2) is 0 Å². The molecule has 0 aromatic heterocycles. The largest absolute Gasteiger partial charge is 0.497 e. The normalized spacial score (nSPS) is 15.2. The van der Waals surface area contributed by atoms with Gasteiger partial charge in [0.1, 0.15) is 5.75 Å². The fourth-order valence-corrected chi connectivity index (χ4v) is 2.23. The lowest BCUT2D eigenvalue weighted by Crippen LogP contribution is -2.21. The van der Waals surface area contributed by atoms with Gasteiger partial charge in [0.2, 0.25) is 5.91 Å². The zero-order valence-electron chi connectivity index (χ0n) is 9.83. The number of carbonyl (C=O) groups excluding carboxylic acids is 1. The van der Waals surface area contributed by atoms with Crippen LogP contribution in [0.15, 0.2) is 22.7 Å². The van der Waals surface area contributed by atoms with E-state index in [4.69, 9.17) is 4.74 Å². The first-order valence-electron chi connectivity index (χ1n) is 5.82. The fraction of sp³-hybridized carbons (Fsp3) is 0.462. The molecule has 2 rings (SSSR count).